The van der Waals surface area contributed by atoms with E-state index in [1.807, 2.05) is 24.8 Å². The van der Waals surface area contributed by atoms with Crippen LogP contribution in [0.4, 0.5) is 14.6 Å². The van der Waals surface area contributed by atoms with Gasteiger partial charge in [0.2, 0.25) is 5.91 Å². The highest BCUT2D eigenvalue weighted by atomic mass is 19.1. The van der Waals surface area contributed by atoms with Crippen LogP contribution in [0, 0.1) is 11.6 Å². The Bertz CT molecular complexity index is 1640. The molecule has 4 heterocycles. The van der Waals surface area contributed by atoms with Gasteiger partial charge in [0, 0.05) is 37.4 Å². The van der Waals surface area contributed by atoms with Crippen LogP contribution in [0.3, 0.4) is 0 Å². The number of aryl methyl sites for hydroxylation is 1. The number of aromatic nitrogens is 4. The largest absolute Gasteiger partial charge is 0.357 e. The molecule has 8 nitrogen and oxygen atoms in total. The third kappa shape index (κ3) is 4.78. The molecule has 3 aromatic heterocycles. The lowest BCUT2D eigenvalue weighted by Crippen LogP contribution is -2.54. The molecule has 0 spiro atoms. The smallest absolute Gasteiger partial charge is 0.350 e. The van der Waals surface area contributed by atoms with E-state index in [-0.39, 0.29) is 40.1 Å². The molecule has 1 saturated heterocycles. The van der Waals surface area contributed by atoms with Gasteiger partial charge in [0.1, 0.15) is 29.0 Å². The first-order valence-corrected chi connectivity index (χ1v) is 12.8. The second kappa shape index (κ2) is 10.7. The molecule has 1 aromatic carbocycles. The van der Waals surface area contributed by atoms with Crippen molar-refractivity contribution in [2.45, 2.75) is 32.7 Å². The first-order chi connectivity index (χ1) is 18.8. The van der Waals surface area contributed by atoms with Crippen molar-refractivity contribution in [3.63, 3.8) is 0 Å². The maximum atomic E-state index is 15.6. The Balaban J connectivity index is 1.77. The lowest BCUT2D eigenvalue weighted by molar-refractivity contribution is -0.126. The quantitative estimate of drug-likeness (QED) is 0.346. The molecular weight excluding hydrogens is 502 g/mol. The van der Waals surface area contributed by atoms with Crippen LogP contribution < -0.4 is 10.6 Å². The van der Waals surface area contributed by atoms with Crippen molar-refractivity contribution in [1.29, 1.82) is 0 Å². The third-order valence-electron chi connectivity index (χ3n) is 6.91. The van der Waals surface area contributed by atoms with Crippen LogP contribution in [-0.2, 0) is 11.2 Å². The summed E-state index contributed by atoms with van der Waals surface area (Å²) in [5.41, 5.74) is 0.0604. The van der Waals surface area contributed by atoms with Crippen molar-refractivity contribution in [1.82, 2.24) is 24.4 Å². The molecule has 0 bridgehead atoms. The Morgan fingerprint density at radius 3 is 2.62 bits per heavy atom. The zero-order valence-corrected chi connectivity index (χ0v) is 21.8. The second-order valence-corrected chi connectivity index (χ2v) is 9.49. The van der Waals surface area contributed by atoms with Crippen molar-refractivity contribution in [3.05, 3.63) is 89.0 Å². The van der Waals surface area contributed by atoms with E-state index in [2.05, 4.69) is 21.5 Å². The van der Waals surface area contributed by atoms with Gasteiger partial charge in [0.05, 0.1) is 5.39 Å². The average molecular weight is 531 g/mol. The lowest BCUT2D eigenvalue weighted by Gasteiger charge is -2.40. The Morgan fingerprint density at radius 2 is 1.90 bits per heavy atom. The van der Waals surface area contributed by atoms with Crippen LogP contribution in [0.5, 0.6) is 0 Å². The van der Waals surface area contributed by atoms with E-state index in [1.165, 1.54) is 34.9 Å². The van der Waals surface area contributed by atoms with E-state index in [0.717, 1.165) is 12.0 Å². The lowest BCUT2D eigenvalue weighted by atomic mass is 10.1. The molecular formula is C29H28F2N6O2. The molecule has 200 valence electrons. The highest BCUT2D eigenvalue weighted by Gasteiger charge is 2.30. The summed E-state index contributed by atoms with van der Waals surface area (Å²) in [5.74, 6) is -0.961. The minimum absolute atomic E-state index is 0.0195. The Hall–Kier alpha value is -4.47. The monoisotopic (exact) mass is 530 g/mol. The van der Waals surface area contributed by atoms with E-state index in [4.69, 9.17) is 0 Å². The molecule has 1 fully saturated rings. The van der Waals surface area contributed by atoms with Gasteiger partial charge in [-0.2, -0.15) is 4.98 Å². The predicted molar refractivity (Wildman–Crippen MR) is 146 cm³/mol. The Morgan fingerprint density at radius 1 is 1.10 bits per heavy atom. The number of benzene rings is 1. The summed E-state index contributed by atoms with van der Waals surface area (Å²) in [6.45, 7) is 8.59. The number of anilines is 1. The van der Waals surface area contributed by atoms with Crippen LogP contribution in [0.1, 0.15) is 25.8 Å². The van der Waals surface area contributed by atoms with Gasteiger partial charge in [-0.3, -0.25) is 4.79 Å². The number of carbonyl (C=O) groups excluding carboxylic acids is 1. The van der Waals surface area contributed by atoms with Crippen LogP contribution >= 0.6 is 0 Å². The molecule has 0 saturated carbocycles. The molecule has 0 aliphatic carbocycles. The van der Waals surface area contributed by atoms with Gasteiger partial charge in [-0.1, -0.05) is 38.1 Å². The summed E-state index contributed by atoms with van der Waals surface area (Å²) < 4.78 is 31.6. The van der Waals surface area contributed by atoms with Crippen LogP contribution in [0.2, 0.25) is 0 Å². The first kappa shape index (κ1) is 26.1. The number of hydrogen-bond acceptors (Lipinski definition) is 6. The number of nitrogens with zero attached hydrogens (tertiary/aromatic N) is 6. The summed E-state index contributed by atoms with van der Waals surface area (Å²) in [6.07, 6.45) is 4.29. The van der Waals surface area contributed by atoms with Gasteiger partial charge < -0.3 is 9.80 Å². The summed E-state index contributed by atoms with van der Waals surface area (Å²) in [5, 5.41) is 0.288. The number of halogens is 2. The van der Waals surface area contributed by atoms with Crippen molar-refractivity contribution in [2.24, 2.45) is 0 Å². The van der Waals surface area contributed by atoms with Crippen LogP contribution in [0.25, 0.3) is 28.1 Å². The number of pyridine rings is 2. The fourth-order valence-electron chi connectivity index (χ4n) is 5.06. The van der Waals surface area contributed by atoms with Crippen molar-refractivity contribution in [3.8, 4) is 17.1 Å². The molecule has 4 aromatic rings. The molecule has 1 aliphatic heterocycles. The second-order valence-electron chi connectivity index (χ2n) is 9.49. The third-order valence-corrected chi connectivity index (χ3v) is 6.91. The standard InChI is InChI=1S/C29H28F2N6O2/c1-4-9-19-10-8-13-32-26(19)37-28-21(16-23(31)25(33-28)20-11-6-7-12-22(20)30)27(34-29(37)39)36-15-14-35(17-18(36)3)24(38)5-2/h5-8,10-13,16,18H,2,4,9,14-15,17H2,1,3H3/t18-/m0/s1. The van der Waals surface area contributed by atoms with Gasteiger partial charge in [-0.25, -0.2) is 28.1 Å². The van der Waals surface area contributed by atoms with Crippen LogP contribution in [0.15, 0.2) is 66.1 Å². The summed E-state index contributed by atoms with van der Waals surface area (Å²) in [4.78, 5) is 42.8. The molecule has 0 unspecified atom stereocenters. The SMILES string of the molecule is C=CC(=O)N1CCN(c2nc(=O)n(-c3ncccc3CCC)c3nc(-c4ccccc4F)c(F)cc23)[C@@H](C)C1. The van der Waals surface area contributed by atoms with Gasteiger partial charge in [-0.15, -0.1) is 0 Å². The van der Waals surface area contributed by atoms with E-state index < -0.39 is 17.3 Å². The molecule has 0 radical (unpaired) electrons. The maximum Gasteiger partial charge on any atom is 0.357 e. The molecule has 39 heavy (non-hydrogen) atoms. The van der Waals surface area contributed by atoms with Gasteiger partial charge in [0.25, 0.3) is 0 Å². The van der Waals surface area contributed by atoms with Crippen molar-refractivity contribution >= 4 is 22.8 Å². The van der Waals surface area contributed by atoms with Crippen molar-refractivity contribution in [2.75, 3.05) is 24.5 Å². The number of fused-ring (bicyclic) bond motifs is 1. The fraction of sp³-hybridized carbons (Fsp3) is 0.276. The average Bonchev–Trinajstić information content (AvgIpc) is 2.93. The molecule has 1 aliphatic rings. The molecule has 10 heteroatoms. The summed E-state index contributed by atoms with van der Waals surface area (Å²) in [7, 11) is 0. The van der Waals surface area contributed by atoms with Crippen molar-refractivity contribution < 1.29 is 13.6 Å². The van der Waals surface area contributed by atoms with Gasteiger partial charge in [-0.05, 0) is 49.2 Å². The maximum absolute atomic E-state index is 15.6. The van der Waals surface area contributed by atoms with E-state index in [1.54, 1.807) is 23.2 Å². The normalized spacial score (nSPS) is 15.5. The Kier molecular flexibility index (Phi) is 7.19. The predicted octanol–water partition coefficient (Wildman–Crippen LogP) is 4.30. The zero-order valence-electron chi connectivity index (χ0n) is 21.8. The number of amides is 1. The van der Waals surface area contributed by atoms with E-state index >= 15 is 4.39 Å². The molecule has 1 atom stereocenters. The first-order valence-electron chi connectivity index (χ1n) is 12.8. The van der Waals surface area contributed by atoms with E-state index in [9.17, 15) is 14.0 Å². The Labute approximate surface area is 224 Å². The number of carbonyl (C=O) groups is 1. The minimum atomic E-state index is -0.747. The zero-order chi connectivity index (χ0) is 27.7. The van der Waals surface area contributed by atoms with Gasteiger partial charge in [0.15, 0.2) is 5.65 Å². The highest BCUT2D eigenvalue weighted by Crippen LogP contribution is 2.32. The number of rotatable bonds is 6. The molecule has 1 amide bonds. The minimum Gasteiger partial charge on any atom is -0.350 e. The van der Waals surface area contributed by atoms with E-state index in [0.29, 0.717) is 31.9 Å². The fourth-order valence-corrected chi connectivity index (χ4v) is 5.06. The van der Waals surface area contributed by atoms with Crippen LogP contribution in [-0.4, -0.2) is 56.0 Å². The summed E-state index contributed by atoms with van der Waals surface area (Å²) >= 11 is 0. The summed E-state index contributed by atoms with van der Waals surface area (Å²) in [6, 6.07) is 10.5. The number of hydrogen-bond donors (Lipinski definition) is 0. The van der Waals surface area contributed by atoms with Gasteiger partial charge >= 0.3 is 5.69 Å². The highest BCUT2D eigenvalue weighted by molar-refractivity contribution is 5.91. The topological polar surface area (TPSA) is 84.2 Å². The number of piperazine rings is 1. The molecule has 0 N–H and O–H groups in total. The molecule has 5 rings (SSSR count).